The molecule has 0 fully saturated rings. The average molecular weight is 308 g/mol. The molecule has 0 aliphatic carbocycles. The third-order valence-corrected chi connectivity index (χ3v) is 5.03. The molecule has 1 aromatic carbocycles. The summed E-state index contributed by atoms with van der Waals surface area (Å²) in [6.45, 7) is 5.67. The molecule has 1 heterocycles. The molecule has 1 aromatic heterocycles. The normalized spacial score (nSPS) is 11.8. The van der Waals surface area contributed by atoms with Crippen LogP contribution in [-0.4, -0.2) is 18.2 Å². The van der Waals surface area contributed by atoms with Crippen LogP contribution in [0.1, 0.15) is 22.4 Å². The number of rotatable bonds is 4. The first-order valence-corrected chi connectivity index (χ1v) is 8.04. The van der Waals surface area contributed by atoms with Crippen molar-refractivity contribution in [3.63, 3.8) is 0 Å². The summed E-state index contributed by atoms with van der Waals surface area (Å²) in [6, 6.07) is 3.25. The molecule has 0 spiro atoms. The minimum atomic E-state index is -3.61. The molecule has 0 aliphatic rings. The number of nitrogens with two attached hydrogens (primary N) is 1. The van der Waals surface area contributed by atoms with E-state index in [1.807, 2.05) is 13.8 Å². The van der Waals surface area contributed by atoms with Crippen LogP contribution in [0.2, 0.25) is 0 Å². The van der Waals surface area contributed by atoms with Gasteiger partial charge in [0.05, 0.1) is 10.6 Å². The highest BCUT2D eigenvalue weighted by Gasteiger charge is 2.19. The van der Waals surface area contributed by atoms with Gasteiger partial charge in [-0.05, 0) is 44.0 Å². The monoisotopic (exact) mass is 308 g/mol. The molecule has 0 unspecified atom stereocenters. The maximum Gasteiger partial charge on any atom is 0.241 e. The molecule has 0 saturated heterocycles. The van der Waals surface area contributed by atoms with E-state index in [2.05, 4.69) is 9.82 Å². The van der Waals surface area contributed by atoms with Gasteiger partial charge in [0.1, 0.15) is 0 Å². The van der Waals surface area contributed by atoms with Crippen molar-refractivity contribution in [3.8, 4) is 0 Å². The van der Waals surface area contributed by atoms with Gasteiger partial charge in [0.25, 0.3) is 0 Å². The van der Waals surface area contributed by atoms with E-state index in [1.165, 1.54) is 6.07 Å². The molecule has 0 bridgehead atoms. The largest absolute Gasteiger partial charge is 0.399 e. The number of nitrogens with zero attached hydrogens (tertiary/aromatic N) is 2. The standard InChI is InChI=1S/C14H20N4O2S/c1-9-5-13(15)6-14(10(9)2)21(19,20)16-7-12-8-18(4)17-11(12)3/h5-6,8,16H,7,15H2,1-4H3. The quantitative estimate of drug-likeness (QED) is 0.836. The van der Waals surface area contributed by atoms with Crippen LogP contribution in [0.3, 0.4) is 0 Å². The fourth-order valence-electron chi connectivity index (χ4n) is 2.21. The molecule has 0 amide bonds. The van der Waals surface area contributed by atoms with E-state index in [1.54, 1.807) is 30.9 Å². The van der Waals surface area contributed by atoms with Crippen molar-refractivity contribution in [2.45, 2.75) is 32.2 Å². The molecule has 3 N–H and O–H groups in total. The molecule has 21 heavy (non-hydrogen) atoms. The van der Waals surface area contributed by atoms with Gasteiger partial charge in [0, 0.05) is 31.0 Å². The lowest BCUT2D eigenvalue weighted by atomic mass is 10.1. The molecular weight excluding hydrogens is 288 g/mol. The number of aromatic nitrogens is 2. The topological polar surface area (TPSA) is 90.0 Å². The number of benzene rings is 1. The third kappa shape index (κ3) is 3.25. The van der Waals surface area contributed by atoms with Gasteiger partial charge in [-0.15, -0.1) is 0 Å². The Morgan fingerprint density at radius 3 is 2.52 bits per heavy atom. The average Bonchev–Trinajstić information content (AvgIpc) is 2.70. The lowest BCUT2D eigenvalue weighted by molar-refractivity contribution is 0.580. The Morgan fingerprint density at radius 2 is 1.95 bits per heavy atom. The zero-order chi connectivity index (χ0) is 15.8. The maximum absolute atomic E-state index is 12.5. The molecule has 0 aliphatic heterocycles. The van der Waals surface area contributed by atoms with Gasteiger partial charge < -0.3 is 5.73 Å². The first-order chi connectivity index (χ1) is 9.70. The van der Waals surface area contributed by atoms with Crippen LogP contribution >= 0.6 is 0 Å². The first kappa shape index (κ1) is 15.5. The van der Waals surface area contributed by atoms with Crippen molar-refractivity contribution < 1.29 is 8.42 Å². The number of hydrogen-bond donors (Lipinski definition) is 2. The number of sulfonamides is 1. The molecule has 0 atom stereocenters. The van der Waals surface area contributed by atoms with Crippen LogP contribution in [0.25, 0.3) is 0 Å². The Morgan fingerprint density at radius 1 is 1.29 bits per heavy atom. The first-order valence-electron chi connectivity index (χ1n) is 6.56. The Hall–Kier alpha value is -1.86. The number of nitrogens with one attached hydrogen (secondary N) is 1. The van der Waals surface area contributed by atoms with Crippen molar-refractivity contribution in [3.05, 3.63) is 40.7 Å². The SMILES string of the molecule is Cc1cc(N)cc(S(=O)(=O)NCc2cn(C)nc2C)c1C. The summed E-state index contributed by atoms with van der Waals surface area (Å²) >= 11 is 0. The van der Waals surface area contributed by atoms with Crippen molar-refractivity contribution >= 4 is 15.7 Å². The van der Waals surface area contributed by atoms with Gasteiger partial charge in [-0.1, -0.05) is 0 Å². The van der Waals surface area contributed by atoms with Gasteiger partial charge in [-0.25, -0.2) is 13.1 Å². The fourth-order valence-corrected chi connectivity index (χ4v) is 3.56. The lowest BCUT2D eigenvalue weighted by Gasteiger charge is -2.12. The Bertz CT molecular complexity index is 779. The second kappa shape index (κ2) is 5.50. The minimum absolute atomic E-state index is 0.204. The zero-order valence-corrected chi connectivity index (χ0v) is 13.5. The van der Waals surface area contributed by atoms with Crippen LogP contribution in [0.5, 0.6) is 0 Å². The van der Waals surface area contributed by atoms with E-state index in [0.717, 1.165) is 16.8 Å². The molecule has 2 rings (SSSR count). The van der Waals surface area contributed by atoms with E-state index in [-0.39, 0.29) is 11.4 Å². The van der Waals surface area contributed by atoms with E-state index in [9.17, 15) is 8.42 Å². The van der Waals surface area contributed by atoms with Crippen molar-refractivity contribution in [2.75, 3.05) is 5.73 Å². The molecule has 0 saturated carbocycles. The van der Waals surface area contributed by atoms with E-state index in [4.69, 9.17) is 5.73 Å². The van der Waals surface area contributed by atoms with Crippen molar-refractivity contribution in [2.24, 2.45) is 7.05 Å². The Balaban J connectivity index is 2.29. The number of anilines is 1. The number of aryl methyl sites for hydroxylation is 3. The van der Waals surface area contributed by atoms with Crippen LogP contribution in [0, 0.1) is 20.8 Å². The van der Waals surface area contributed by atoms with Gasteiger partial charge >= 0.3 is 0 Å². The van der Waals surface area contributed by atoms with Crippen LogP contribution in [0.4, 0.5) is 5.69 Å². The van der Waals surface area contributed by atoms with Crippen molar-refractivity contribution in [1.82, 2.24) is 14.5 Å². The predicted molar refractivity (Wildman–Crippen MR) is 82.3 cm³/mol. The molecule has 2 aromatic rings. The van der Waals surface area contributed by atoms with Gasteiger partial charge in [0.2, 0.25) is 10.0 Å². The van der Waals surface area contributed by atoms with Crippen molar-refractivity contribution in [1.29, 1.82) is 0 Å². The highest BCUT2D eigenvalue weighted by molar-refractivity contribution is 7.89. The van der Waals surface area contributed by atoms with Gasteiger partial charge in [-0.2, -0.15) is 5.10 Å². The summed E-state index contributed by atoms with van der Waals surface area (Å²) in [5, 5.41) is 4.19. The van der Waals surface area contributed by atoms with E-state index >= 15 is 0 Å². The second-order valence-electron chi connectivity index (χ2n) is 5.20. The number of hydrogen-bond acceptors (Lipinski definition) is 4. The zero-order valence-electron chi connectivity index (χ0n) is 12.6. The highest BCUT2D eigenvalue weighted by atomic mass is 32.2. The summed E-state index contributed by atoms with van der Waals surface area (Å²) in [7, 11) is -1.81. The second-order valence-corrected chi connectivity index (χ2v) is 6.93. The summed E-state index contributed by atoms with van der Waals surface area (Å²) in [5.41, 5.74) is 9.41. The Kier molecular flexibility index (Phi) is 4.06. The smallest absolute Gasteiger partial charge is 0.241 e. The molecule has 0 radical (unpaired) electrons. The predicted octanol–water partition coefficient (Wildman–Crippen LogP) is 1.41. The van der Waals surface area contributed by atoms with Crippen LogP contribution in [0.15, 0.2) is 23.2 Å². The van der Waals surface area contributed by atoms with E-state index < -0.39 is 10.0 Å². The molecule has 114 valence electrons. The molecule has 6 nitrogen and oxygen atoms in total. The van der Waals surface area contributed by atoms with Crippen LogP contribution in [-0.2, 0) is 23.6 Å². The molecular formula is C14H20N4O2S. The van der Waals surface area contributed by atoms with Gasteiger partial charge in [-0.3, -0.25) is 4.68 Å². The molecule has 7 heteroatoms. The summed E-state index contributed by atoms with van der Waals surface area (Å²) in [5.74, 6) is 0. The highest BCUT2D eigenvalue weighted by Crippen LogP contribution is 2.22. The lowest BCUT2D eigenvalue weighted by Crippen LogP contribution is -2.24. The maximum atomic E-state index is 12.5. The third-order valence-electron chi connectivity index (χ3n) is 3.50. The Labute approximate surface area is 125 Å². The van der Waals surface area contributed by atoms with Crippen LogP contribution < -0.4 is 10.5 Å². The summed E-state index contributed by atoms with van der Waals surface area (Å²) < 4.78 is 29.2. The van der Waals surface area contributed by atoms with E-state index in [0.29, 0.717) is 11.3 Å². The summed E-state index contributed by atoms with van der Waals surface area (Å²) in [6.07, 6.45) is 1.80. The van der Waals surface area contributed by atoms with Gasteiger partial charge in [0.15, 0.2) is 0 Å². The minimum Gasteiger partial charge on any atom is -0.399 e. The fraction of sp³-hybridized carbons (Fsp3) is 0.357. The number of nitrogen functional groups attached to an aromatic ring is 1. The summed E-state index contributed by atoms with van der Waals surface area (Å²) in [4.78, 5) is 0.224.